The summed E-state index contributed by atoms with van der Waals surface area (Å²) in [7, 11) is 0. The van der Waals surface area contributed by atoms with E-state index < -0.39 is 0 Å². The van der Waals surface area contributed by atoms with Gasteiger partial charge in [-0.3, -0.25) is 4.79 Å². The summed E-state index contributed by atoms with van der Waals surface area (Å²) in [6.45, 7) is 6.81. The van der Waals surface area contributed by atoms with Crippen molar-refractivity contribution in [1.82, 2.24) is 0 Å². The van der Waals surface area contributed by atoms with E-state index in [2.05, 4.69) is 20.8 Å². The molecule has 1 saturated carbocycles. The normalized spacial score (nSPS) is 40.1. The average Bonchev–Trinajstić information content (AvgIpc) is 2.26. The molecule has 2 aliphatic rings. The molecule has 2 heteroatoms. The maximum atomic E-state index is 11.4. The van der Waals surface area contributed by atoms with Crippen LogP contribution in [0.25, 0.3) is 0 Å². The van der Waals surface area contributed by atoms with Gasteiger partial charge in [0.05, 0.1) is 0 Å². The largest absolute Gasteiger partial charge is 0.303 e. The third-order valence-electron chi connectivity index (χ3n) is 5.21. The fourth-order valence-corrected chi connectivity index (χ4v) is 4.24. The van der Waals surface area contributed by atoms with Gasteiger partial charge < -0.3 is 4.79 Å². The molecule has 0 radical (unpaired) electrons. The first-order chi connectivity index (χ1) is 7.95. The lowest BCUT2D eigenvalue weighted by atomic mass is 9.49. The van der Waals surface area contributed by atoms with E-state index >= 15 is 0 Å². The van der Waals surface area contributed by atoms with Crippen LogP contribution >= 0.6 is 0 Å². The van der Waals surface area contributed by atoms with Gasteiger partial charge in [-0.05, 0) is 41.6 Å². The van der Waals surface area contributed by atoms with Crippen LogP contribution in [0.5, 0.6) is 0 Å². The van der Waals surface area contributed by atoms with Crippen molar-refractivity contribution >= 4 is 12.6 Å². The molecule has 0 aromatic carbocycles. The summed E-state index contributed by atoms with van der Waals surface area (Å²) in [5.74, 6) is 0.320. The van der Waals surface area contributed by atoms with Gasteiger partial charge in [0, 0.05) is 5.92 Å². The van der Waals surface area contributed by atoms with Crippen molar-refractivity contribution in [2.24, 2.45) is 22.7 Å². The number of hydrogen-bond acceptors (Lipinski definition) is 2. The SMILES string of the molecule is CC1(C)CCC[C@]2(C)[C@@H]1CC=C(C=O)[C@@H]2C=O. The standard InChI is InChI=1S/C15H22O2/c1-14(2)7-4-8-15(3)12(10-17)11(9-16)5-6-13(14)15/h5,9-10,12-13H,4,6-8H2,1-3H3/t12-,13+,15-/m0/s1. The number of rotatable bonds is 2. The van der Waals surface area contributed by atoms with Crippen molar-refractivity contribution in [3.8, 4) is 0 Å². The molecule has 2 nitrogen and oxygen atoms in total. The minimum atomic E-state index is -0.196. The van der Waals surface area contributed by atoms with E-state index in [4.69, 9.17) is 0 Å². The number of allylic oxidation sites excluding steroid dienone is 2. The first-order valence-electron chi connectivity index (χ1n) is 6.56. The summed E-state index contributed by atoms with van der Waals surface area (Å²) in [6.07, 6.45) is 8.26. The van der Waals surface area contributed by atoms with Gasteiger partial charge in [0.2, 0.25) is 0 Å². The monoisotopic (exact) mass is 234 g/mol. The lowest BCUT2D eigenvalue weighted by Crippen LogP contribution is -2.49. The molecule has 0 unspecified atom stereocenters. The van der Waals surface area contributed by atoms with Gasteiger partial charge in [-0.2, -0.15) is 0 Å². The van der Waals surface area contributed by atoms with Crippen molar-refractivity contribution in [3.05, 3.63) is 11.6 Å². The number of aldehydes is 2. The Bertz CT molecular complexity index is 367. The second-order valence-corrected chi connectivity index (χ2v) is 6.57. The lowest BCUT2D eigenvalue weighted by molar-refractivity contribution is -0.122. The van der Waals surface area contributed by atoms with Gasteiger partial charge in [0.1, 0.15) is 12.6 Å². The highest BCUT2D eigenvalue weighted by Gasteiger charge is 2.52. The average molecular weight is 234 g/mol. The lowest BCUT2D eigenvalue weighted by Gasteiger charge is -2.55. The summed E-state index contributed by atoms with van der Waals surface area (Å²) in [4.78, 5) is 22.5. The van der Waals surface area contributed by atoms with Crippen LogP contribution in [-0.4, -0.2) is 12.6 Å². The van der Waals surface area contributed by atoms with Gasteiger partial charge in [-0.15, -0.1) is 0 Å². The zero-order valence-corrected chi connectivity index (χ0v) is 11.0. The number of carbonyl (C=O) groups is 2. The Morgan fingerprint density at radius 1 is 1.24 bits per heavy atom. The Morgan fingerprint density at radius 2 is 1.94 bits per heavy atom. The van der Waals surface area contributed by atoms with Crippen molar-refractivity contribution in [2.75, 3.05) is 0 Å². The van der Waals surface area contributed by atoms with Crippen LogP contribution in [0.2, 0.25) is 0 Å². The van der Waals surface area contributed by atoms with E-state index in [0.29, 0.717) is 11.5 Å². The zero-order chi connectivity index (χ0) is 12.7. The molecule has 0 saturated heterocycles. The van der Waals surface area contributed by atoms with Gasteiger partial charge in [0.25, 0.3) is 0 Å². The molecule has 3 atom stereocenters. The highest BCUT2D eigenvalue weighted by atomic mass is 16.1. The number of hydrogen-bond donors (Lipinski definition) is 0. The molecule has 94 valence electrons. The van der Waals surface area contributed by atoms with Crippen LogP contribution in [0.3, 0.4) is 0 Å². The molecule has 0 heterocycles. The third kappa shape index (κ3) is 1.78. The molecule has 1 fully saturated rings. The molecule has 2 aliphatic carbocycles. The summed E-state index contributed by atoms with van der Waals surface area (Å²) >= 11 is 0. The van der Waals surface area contributed by atoms with Crippen LogP contribution in [0.1, 0.15) is 46.5 Å². The second kappa shape index (κ2) is 4.08. The van der Waals surface area contributed by atoms with E-state index in [0.717, 1.165) is 31.8 Å². The molecule has 2 rings (SSSR count). The van der Waals surface area contributed by atoms with E-state index in [9.17, 15) is 9.59 Å². The molecule has 0 amide bonds. The van der Waals surface area contributed by atoms with Crippen molar-refractivity contribution < 1.29 is 9.59 Å². The molecule has 0 N–H and O–H groups in total. The number of fused-ring (bicyclic) bond motifs is 1. The smallest absolute Gasteiger partial charge is 0.146 e. The van der Waals surface area contributed by atoms with Gasteiger partial charge in [-0.1, -0.05) is 33.3 Å². The van der Waals surface area contributed by atoms with Crippen LogP contribution < -0.4 is 0 Å². The third-order valence-corrected chi connectivity index (χ3v) is 5.21. The number of carbonyl (C=O) groups excluding carboxylic acids is 2. The predicted molar refractivity (Wildman–Crippen MR) is 67.5 cm³/mol. The highest BCUT2D eigenvalue weighted by molar-refractivity contribution is 5.82. The molecular formula is C15H22O2. The molecule has 0 bridgehead atoms. The summed E-state index contributed by atoms with van der Waals surface area (Å²) in [5, 5.41) is 0. The maximum Gasteiger partial charge on any atom is 0.146 e. The van der Waals surface area contributed by atoms with Crippen LogP contribution in [-0.2, 0) is 9.59 Å². The Hall–Kier alpha value is -0.920. The zero-order valence-electron chi connectivity index (χ0n) is 11.0. The van der Waals surface area contributed by atoms with Crippen molar-refractivity contribution in [2.45, 2.75) is 46.5 Å². The first-order valence-corrected chi connectivity index (χ1v) is 6.56. The van der Waals surface area contributed by atoms with E-state index in [1.807, 2.05) is 6.08 Å². The molecular weight excluding hydrogens is 212 g/mol. The maximum absolute atomic E-state index is 11.4. The minimum Gasteiger partial charge on any atom is -0.303 e. The van der Waals surface area contributed by atoms with Crippen molar-refractivity contribution in [1.29, 1.82) is 0 Å². The van der Waals surface area contributed by atoms with Crippen LogP contribution in [0.4, 0.5) is 0 Å². The van der Waals surface area contributed by atoms with E-state index in [1.165, 1.54) is 6.42 Å². The van der Waals surface area contributed by atoms with Gasteiger partial charge >= 0.3 is 0 Å². The second-order valence-electron chi connectivity index (χ2n) is 6.57. The Kier molecular flexibility index (Phi) is 3.01. The quantitative estimate of drug-likeness (QED) is 0.688. The molecule has 0 spiro atoms. The predicted octanol–water partition coefficient (Wildman–Crippen LogP) is 3.16. The Labute approximate surface area is 103 Å². The first kappa shape index (κ1) is 12.5. The molecule has 17 heavy (non-hydrogen) atoms. The van der Waals surface area contributed by atoms with Crippen molar-refractivity contribution in [3.63, 3.8) is 0 Å². The van der Waals surface area contributed by atoms with E-state index in [1.54, 1.807) is 0 Å². The Morgan fingerprint density at radius 3 is 2.53 bits per heavy atom. The van der Waals surface area contributed by atoms with E-state index in [-0.39, 0.29) is 16.7 Å². The molecule has 0 aromatic rings. The topological polar surface area (TPSA) is 34.1 Å². The fourth-order valence-electron chi connectivity index (χ4n) is 4.24. The molecule has 0 aromatic heterocycles. The fraction of sp³-hybridized carbons (Fsp3) is 0.733. The van der Waals surface area contributed by atoms with Crippen LogP contribution in [0.15, 0.2) is 11.6 Å². The summed E-state index contributed by atoms with van der Waals surface area (Å²) < 4.78 is 0. The van der Waals surface area contributed by atoms with Gasteiger partial charge in [0.15, 0.2) is 0 Å². The van der Waals surface area contributed by atoms with Crippen LogP contribution in [0, 0.1) is 22.7 Å². The highest BCUT2D eigenvalue weighted by Crippen LogP contribution is 2.58. The summed E-state index contributed by atoms with van der Waals surface area (Å²) in [6, 6.07) is 0. The Balaban J connectivity index is 2.45. The minimum absolute atomic E-state index is 0.0194. The van der Waals surface area contributed by atoms with Gasteiger partial charge in [-0.25, -0.2) is 0 Å². The molecule has 0 aliphatic heterocycles. The summed E-state index contributed by atoms with van der Waals surface area (Å²) in [5.41, 5.74) is 0.963.